The lowest BCUT2D eigenvalue weighted by atomic mass is 9.96. The summed E-state index contributed by atoms with van der Waals surface area (Å²) in [7, 11) is 3.02. The molecule has 2 aromatic carbocycles. The molecular weight excluding hydrogens is 336 g/mol. The van der Waals surface area contributed by atoms with Crippen molar-refractivity contribution in [3.63, 3.8) is 0 Å². The third-order valence-electron chi connectivity index (χ3n) is 3.63. The first kappa shape index (κ1) is 19.3. The number of aromatic hydroxyl groups is 1. The smallest absolute Gasteiger partial charge is 0.308 e. The highest BCUT2D eigenvalue weighted by Crippen LogP contribution is 2.48. The molecule has 0 aliphatic heterocycles. The first-order valence-electron chi connectivity index (χ1n) is 7.96. The molecule has 2 rings (SSSR count). The zero-order valence-corrected chi connectivity index (χ0v) is 15.1. The van der Waals surface area contributed by atoms with Crippen molar-refractivity contribution < 1.29 is 28.8 Å². The Balaban J connectivity index is 2.73. The van der Waals surface area contributed by atoms with Gasteiger partial charge in [0.05, 0.1) is 33.0 Å². The van der Waals surface area contributed by atoms with E-state index < -0.39 is 5.97 Å². The average Bonchev–Trinajstić information content (AvgIpc) is 2.61. The van der Waals surface area contributed by atoms with Crippen LogP contribution in [-0.4, -0.2) is 31.9 Å². The lowest BCUT2D eigenvalue weighted by Crippen LogP contribution is -2.05. The molecule has 26 heavy (non-hydrogen) atoms. The van der Waals surface area contributed by atoms with Crippen molar-refractivity contribution in [3.05, 3.63) is 48.6 Å². The minimum atomic E-state index is -0.497. The number of carbonyl (C=O) groups is 1. The van der Waals surface area contributed by atoms with E-state index in [1.54, 1.807) is 24.3 Å². The quantitative estimate of drug-likeness (QED) is 0.336. The number of carbonyl (C=O) groups excluding carboxylic acids is 1. The first-order chi connectivity index (χ1) is 12.5. The minimum absolute atomic E-state index is 0.0553. The molecule has 0 aliphatic rings. The SMILES string of the molecule is C=CCOCc1ccc(OC)c(OC)c1-c1c(O)cccc1OC(C)=O. The predicted octanol–water partition coefficient (Wildman–Crippen LogP) is 3.70. The highest BCUT2D eigenvalue weighted by atomic mass is 16.5. The third-order valence-corrected chi connectivity index (χ3v) is 3.63. The summed E-state index contributed by atoms with van der Waals surface area (Å²) >= 11 is 0. The van der Waals surface area contributed by atoms with Gasteiger partial charge in [-0.05, 0) is 23.8 Å². The number of phenolic OH excluding ortho intramolecular Hbond substituents is 1. The maximum absolute atomic E-state index is 11.5. The Morgan fingerprint density at radius 1 is 1.12 bits per heavy atom. The summed E-state index contributed by atoms with van der Waals surface area (Å²) in [6, 6.07) is 8.27. The van der Waals surface area contributed by atoms with Gasteiger partial charge < -0.3 is 24.1 Å². The van der Waals surface area contributed by atoms with Crippen LogP contribution in [-0.2, 0) is 16.1 Å². The molecule has 0 amide bonds. The summed E-state index contributed by atoms with van der Waals surface area (Å²) in [5.41, 5.74) is 1.60. The molecule has 1 N–H and O–H groups in total. The Hall–Kier alpha value is -2.99. The van der Waals surface area contributed by atoms with Crippen LogP contribution in [0.25, 0.3) is 11.1 Å². The molecule has 0 saturated carbocycles. The number of hydrogen-bond donors (Lipinski definition) is 1. The van der Waals surface area contributed by atoms with Crippen molar-refractivity contribution in [1.29, 1.82) is 0 Å². The van der Waals surface area contributed by atoms with Crippen LogP contribution in [0.4, 0.5) is 0 Å². The van der Waals surface area contributed by atoms with E-state index >= 15 is 0 Å². The van der Waals surface area contributed by atoms with Crippen molar-refractivity contribution in [2.24, 2.45) is 0 Å². The molecule has 0 aromatic heterocycles. The molecule has 0 bridgehead atoms. The Kier molecular flexibility index (Phi) is 6.63. The maximum Gasteiger partial charge on any atom is 0.308 e. The van der Waals surface area contributed by atoms with Crippen LogP contribution in [0, 0.1) is 0 Å². The van der Waals surface area contributed by atoms with E-state index in [2.05, 4.69) is 6.58 Å². The molecule has 0 unspecified atom stereocenters. The fourth-order valence-corrected chi connectivity index (χ4v) is 2.63. The Labute approximate surface area is 152 Å². The molecule has 6 nitrogen and oxygen atoms in total. The zero-order chi connectivity index (χ0) is 19.1. The Bertz CT molecular complexity index is 797. The summed E-state index contributed by atoms with van der Waals surface area (Å²) in [5, 5.41) is 10.5. The lowest BCUT2D eigenvalue weighted by Gasteiger charge is -2.19. The van der Waals surface area contributed by atoms with Crippen LogP contribution >= 0.6 is 0 Å². The Morgan fingerprint density at radius 3 is 2.50 bits per heavy atom. The molecule has 0 aliphatic carbocycles. The standard InChI is InChI=1S/C20H22O6/c1-5-11-25-12-14-9-10-17(23-3)20(24-4)18(14)19-15(22)7-6-8-16(19)26-13(2)21/h5-10,22H,1,11-12H2,2-4H3. The van der Waals surface area contributed by atoms with Gasteiger partial charge in [-0.2, -0.15) is 0 Å². The van der Waals surface area contributed by atoms with Gasteiger partial charge in [-0.15, -0.1) is 6.58 Å². The molecule has 2 aromatic rings. The van der Waals surface area contributed by atoms with Gasteiger partial charge >= 0.3 is 5.97 Å². The van der Waals surface area contributed by atoms with E-state index in [1.807, 2.05) is 6.07 Å². The van der Waals surface area contributed by atoms with Gasteiger partial charge in [0.2, 0.25) is 0 Å². The van der Waals surface area contributed by atoms with Crippen molar-refractivity contribution in [2.75, 3.05) is 20.8 Å². The largest absolute Gasteiger partial charge is 0.507 e. The van der Waals surface area contributed by atoms with Crippen LogP contribution in [0.3, 0.4) is 0 Å². The normalized spacial score (nSPS) is 10.3. The van der Waals surface area contributed by atoms with Crippen molar-refractivity contribution in [2.45, 2.75) is 13.5 Å². The summed E-state index contributed by atoms with van der Waals surface area (Å²) in [6.07, 6.45) is 1.64. The minimum Gasteiger partial charge on any atom is -0.507 e. The monoisotopic (exact) mass is 358 g/mol. The van der Waals surface area contributed by atoms with Gasteiger partial charge in [0.15, 0.2) is 11.5 Å². The molecule has 6 heteroatoms. The first-order valence-corrected chi connectivity index (χ1v) is 7.96. The number of esters is 1. The highest BCUT2D eigenvalue weighted by Gasteiger charge is 2.23. The van der Waals surface area contributed by atoms with E-state index in [9.17, 15) is 9.90 Å². The molecule has 0 spiro atoms. The summed E-state index contributed by atoms with van der Waals surface area (Å²) in [4.78, 5) is 11.5. The molecule has 0 atom stereocenters. The summed E-state index contributed by atoms with van der Waals surface area (Å²) < 4.78 is 21.7. The third kappa shape index (κ3) is 4.15. The number of rotatable bonds is 8. The molecule has 0 radical (unpaired) electrons. The number of ether oxygens (including phenoxy) is 4. The van der Waals surface area contributed by atoms with E-state index in [4.69, 9.17) is 18.9 Å². The molecular formula is C20H22O6. The number of phenols is 1. The molecule has 0 saturated heterocycles. The second kappa shape index (κ2) is 8.92. The van der Waals surface area contributed by atoms with E-state index in [1.165, 1.54) is 27.2 Å². The summed E-state index contributed by atoms with van der Waals surface area (Å²) in [6.45, 7) is 5.54. The fourth-order valence-electron chi connectivity index (χ4n) is 2.63. The highest BCUT2D eigenvalue weighted by molar-refractivity contribution is 5.87. The number of benzene rings is 2. The molecule has 138 valence electrons. The van der Waals surface area contributed by atoms with Crippen LogP contribution in [0.5, 0.6) is 23.0 Å². The number of hydrogen-bond acceptors (Lipinski definition) is 6. The maximum atomic E-state index is 11.5. The van der Waals surface area contributed by atoms with Crippen molar-refractivity contribution in [1.82, 2.24) is 0 Å². The lowest BCUT2D eigenvalue weighted by molar-refractivity contribution is -0.131. The van der Waals surface area contributed by atoms with E-state index in [0.717, 1.165) is 5.56 Å². The van der Waals surface area contributed by atoms with Crippen LogP contribution in [0.2, 0.25) is 0 Å². The second-order valence-corrected chi connectivity index (χ2v) is 5.38. The van der Waals surface area contributed by atoms with Gasteiger partial charge in [0.1, 0.15) is 11.5 Å². The van der Waals surface area contributed by atoms with Crippen LogP contribution in [0.1, 0.15) is 12.5 Å². The van der Waals surface area contributed by atoms with Crippen LogP contribution < -0.4 is 14.2 Å². The van der Waals surface area contributed by atoms with Crippen molar-refractivity contribution in [3.8, 4) is 34.1 Å². The molecule has 0 fully saturated rings. The van der Waals surface area contributed by atoms with Gasteiger partial charge in [-0.25, -0.2) is 0 Å². The fraction of sp³-hybridized carbons (Fsp3) is 0.250. The van der Waals surface area contributed by atoms with E-state index in [0.29, 0.717) is 29.2 Å². The molecule has 0 heterocycles. The second-order valence-electron chi connectivity index (χ2n) is 5.38. The topological polar surface area (TPSA) is 74.2 Å². The Morgan fingerprint density at radius 2 is 1.88 bits per heavy atom. The number of methoxy groups -OCH3 is 2. The zero-order valence-electron chi connectivity index (χ0n) is 15.1. The predicted molar refractivity (Wildman–Crippen MR) is 97.8 cm³/mol. The van der Waals surface area contributed by atoms with Gasteiger partial charge in [0, 0.05) is 12.5 Å². The van der Waals surface area contributed by atoms with Gasteiger partial charge in [0.25, 0.3) is 0 Å². The van der Waals surface area contributed by atoms with Crippen molar-refractivity contribution >= 4 is 5.97 Å². The summed E-state index contributed by atoms with van der Waals surface area (Å²) in [5.74, 6) is 0.548. The van der Waals surface area contributed by atoms with Crippen LogP contribution in [0.15, 0.2) is 43.0 Å². The van der Waals surface area contributed by atoms with Gasteiger partial charge in [-0.3, -0.25) is 4.79 Å². The van der Waals surface area contributed by atoms with Gasteiger partial charge in [-0.1, -0.05) is 18.2 Å². The average molecular weight is 358 g/mol. The van der Waals surface area contributed by atoms with E-state index in [-0.39, 0.29) is 18.1 Å².